The summed E-state index contributed by atoms with van der Waals surface area (Å²) in [5.41, 5.74) is 5.49. The van der Waals surface area contributed by atoms with Crippen molar-refractivity contribution in [2.24, 2.45) is 0 Å². The van der Waals surface area contributed by atoms with Gasteiger partial charge in [-0.25, -0.2) is 4.68 Å². The third-order valence-corrected chi connectivity index (χ3v) is 5.60. The van der Waals surface area contributed by atoms with E-state index in [-0.39, 0.29) is 17.4 Å². The number of Topliss-reactive ketones (excluding diaryl/α,β-unsaturated/α-hetero) is 1. The Morgan fingerprint density at radius 3 is 2.68 bits per heavy atom. The molecule has 2 heterocycles. The highest BCUT2D eigenvalue weighted by Gasteiger charge is 2.28. The van der Waals surface area contributed by atoms with E-state index >= 15 is 0 Å². The number of nitrogens with one attached hydrogen (secondary N) is 1. The molecule has 1 N–H and O–H groups in total. The third-order valence-electron chi connectivity index (χ3n) is 4.67. The summed E-state index contributed by atoms with van der Waals surface area (Å²) in [6, 6.07) is 11.1. The molecule has 144 valence electrons. The molecule has 0 spiro atoms. The first kappa shape index (κ1) is 18.4. The maximum atomic E-state index is 12.8. The molecular weight excluding hydrogens is 376 g/mol. The van der Waals surface area contributed by atoms with Crippen molar-refractivity contribution >= 4 is 23.5 Å². The number of rotatable bonds is 7. The lowest BCUT2D eigenvalue weighted by Crippen LogP contribution is -2.25. The summed E-state index contributed by atoms with van der Waals surface area (Å²) in [5, 5.41) is 12.4. The van der Waals surface area contributed by atoms with E-state index < -0.39 is 0 Å². The van der Waals surface area contributed by atoms with E-state index in [1.165, 1.54) is 11.8 Å². The van der Waals surface area contributed by atoms with Crippen LogP contribution in [0.3, 0.4) is 0 Å². The Balaban J connectivity index is 1.46. The molecule has 3 aromatic rings. The second-order valence-corrected chi connectivity index (χ2v) is 7.72. The molecule has 4 rings (SSSR count). The van der Waals surface area contributed by atoms with E-state index in [1.54, 1.807) is 27.6 Å². The number of ketones is 1. The zero-order valence-corrected chi connectivity index (χ0v) is 16.4. The lowest BCUT2D eigenvalue weighted by molar-refractivity contribution is 0.0999. The van der Waals surface area contributed by atoms with Crippen LogP contribution in [-0.4, -0.2) is 42.3 Å². The van der Waals surface area contributed by atoms with Gasteiger partial charge < -0.3 is 0 Å². The normalized spacial score (nSPS) is 13.5. The van der Waals surface area contributed by atoms with Gasteiger partial charge in [0.05, 0.1) is 11.8 Å². The number of hydrogen-bond donors (Lipinski definition) is 1. The molecule has 1 aromatic carbocycles. The Kier molecular flexibility index (Phi) is 4.99. The van der Waals surface area contributed by atoms with Gasteiger partial charge in [0.2, 0.25) is 5.16 Å². The van der Waals surface area contributed by atoms with Gasteiger partial charge in [0.1, 0.15) is 0 Å². The molecule has 0 aliphatic heterocycles. The zero-order valence-electron chi connectivity index (χ0n) is 15.6. The van der Waals surface area contributed by atoms with Crippen LogP contribution in [0.25, 0.3) is 0 Å². The summed E-state index contributed by atoms with van der Waals surface area (Å²) < 4.78 is 3.45. The van der Waals surface area contributed by atoms with Crippen LogP contribution in [-0.2, 0) is 0 Å². The van der Waals surface area contributed by atoms with Gasteiger partial charge in [-0.1, -0.05) is 30.0 Å². The number of nitrogens with zero attached hydrogens (tertiary/aromatic N) is 5. The number of tetrazole rings is 1. The van der Waals surface area contributed by atoms with E-state index in [4.69, 9.17) is 0 Å². The van der Waals surface area contributed by atoms with E-state index in [0.29, 0.717) is 28.0 Å². The van der Waals surface area contributed by atoms with Gasteiger partial charge >= 0.3 is 0 Å². The van der Waals surface area contributed by atoms with Crippen LogP contribution in [0.2, 0.25) is 0 Å². The molecule has 0 saturated heterocycles. The molecule has 8 nitrogen and oxygen atoms in total. The monoisotopic (exact) mass is 396 g/mol. The van der Waals surface area contributed by atoms with E-state index in [9.17, 15) is 9.59 Å². The minimum absolute atomic E-state index is 0.0244. The Morgan fingerprint density at radius 1 is 1.21 bits per heavy atom. The van der Waals surface area contributed by atoms with Crippen LogP contribution in [0.5, 0.6) is 0 Å². The first-order valence-corrected chi connectivity index (χ1v) is 10.0. The summed E-state index contributed by atoms with van der Waals surface area (Å²) in [6.45, 7) is 3.68. The highest BCUT2D eigenvalue weighted by Crippen LogP contribution is 2.36. The standard InChI is InChI=1S/C19H20N6O2S/c1-12-10-16(13(2)24(12)21-18(27)14-6-4-3-5-7-14)17(26)11-28-19-20-22-23-25(19)15-8-9-15/h3-7,10,15H,8-9,11H2,1-2H3,(H,21,27). The highest BCUT2D eigenvalue weighted by molar-refractivity contribution is 7.99. The largest absolute Gasteiger partial charge is 0.293 e. The molecule has 0 atom stereocenters. The fourth-order valence-electron chi connectivity index (χ4n) is 3.01. The SMILES string of the molecule is Cc1cc(C(=O)CSc2nnnn2C2CC2)c(C)n1NC(=O)c1ccccc1. The number of carbonyl (C=O) groups excluding carboxylic acids is 2. The number of benzene rings is 1. The average molecular weight is 396 g/mol. The Morgan fingerprint density at radius 2 is 1.96 bits per heavy atom. The molecule has 1 aliphatic carbocycles. The van der Waals surface area contributed by atoms with E-state index in [1.807, 2.05) is 32.0 Å². The van der Waals surface area contributed by atoms with Gasteiger partial charge in [-0.3, -0.25) is 19.7 Å². The van der Waals surface area contributed by atoms with Crippen molar-refractivity contribution in [3.8, 4) is 0 Å². The third kappa shape index (κ3) is 3.70. The average Bonchev–Trinajstić information content (AvgIpc) is 3.38. The first-order valence-electron chi connectivity index (χ1n) is 9.04. The summed E-state index contributed by atoms with van der Waals surface area (Å²) in [5.74, 6) is -0.00709. The molecule has 2 aromatic heterocycles. The molecule has 1 aliphatic rings. The van der Waals surface area contributed by atoms with Crippen LogP contribution in [0.15, 0.2) is 41.6 Å². The summed E-state index contributed by atoms with van der Waals surface area (Å²) >= 11 is 1.34. The van der Waals surface area contributed by atoms with Crippen LogP contribution in [0, 0.1) is 13.8 Å². The quantitative estimate of drug-likeness (QED) is 0.487. The maximum Gasteiger partial charge on any atom is 0.270 e. The lowest BCUT2D eigenvalue weighted by atomic mass is 10.2. The van der Waals surface area contributed by atoms with Crippen molar-refractivity contribution in [3.63, 3.8) is 0 Å². The predicted octanol–water partition coefficient (Wildman–Crippen LogP) is 2.79. The van der Waals surface area contributed by atoms with E-state index in [2.05, 4.69) is 21.0 Å². The van der Waals surface area contributed by atoms with Crippen LogP contribution >= 0.6 is 11.8 Å². The van der Waals surface area contributed by atoms with Crippen LogP contribution in [0.4, 0.5) is 0 Å². The molecule has 28 heavy (non-hydrogen) atoms. The van der Waals surface area contributed by atoms with Crippen molar-refractivity contribution in [1.82, 2.24) is 24.9 Å². The smallest absolute Gasteiger partial charge is 0.270 e. The Bertz CT molecular complexity index is 1020. The van der Waals surface area contributed by atoms with Crippen molar-refractivity contribution in [2.75, 3.05) is 11.2 Å². The molecule has 0 radical (unpaired) electrons. The number of amides is 1. The van der Waals surface area contributed by atoms with Crippen molar-refractivity contribution in [3.05, 3.63) is 58.9 Å². The minimum Gasteiger partial charge on any atom is -0.293 e. The number of aromatic nitrogens is 5. The lowest BCUT2D eigenvalue weighted by Gasteiger charge is -2.11. The number of carbonyl (C=O) groups is 2. The van der Waals surface area contributed by atoms with Gasteiger partial charge in [0, 0.05) is 22.5 Å². The molecule has 1 saturated carbocycles. The number of thioether (sulfide) groups is 1. The topological polar surface area (TPSA) is 94.7 Å². The zero-order chi connectivity index (χ0) is 19.7. The fraction of sp³-hybridized carbons (Fsp3) is 0.316. The summed E-state index contributed by atoms with van der Waals surface area (Å²) in [4.78, 5) is 25.2. The molecular formula is C19H20N6O2S. The van der Waals surface area contributed by atoms with Gasteiger partial charge in [0.15, 0.2) is 5.78 Å². The fourth-order valence-corrected chi connectivity index (χ4v) is 3.84. The molecule has 0 bridgehead atoms. The molecule has 1 fully saturated rings. The summed E-state index contributed by atoms with van der Waals surface area (Å²) in [7, 11) is 0. The Labute approximate surface area is 166 Å². The van der Waals surface area contributed by atoms with Gasteiger partial charge in [0.25, 0.3) is 5.91 Å². The minimum atomic E-state index is -0.223. The van der Waals surface area contributed by atoms with Crippen molar-refractivity contribution < 1.29 is 9.59 Å². The van der Waals surface area contributed by atoms with E-state index in [0.717, 1.165) is 18.5 Å². The van der Waals surface area contributed by atoms with Gasteiger partial charge in [-0.15, -0.1) is 5.10 Å². The predicted molar refractivity (Wildman–Crippen MR) is 105 cm³/mol. The van der Waals surface area contributed by atoms with Crippen LogP contribution < -0.4 is 5.43 Å². The number of aryl methyl sites for hydroxylation is 1. The molecule has 0 unspecified atom stereocenters. The number of hydrogen-bond acceptors (Lipinski definition) is 6. The van der Waals surface area contributed by atoms with Crippen molar-refractivity contribution in [2.45, 2.75) is 37.9 Å². The molecule has 1 amide bonds. The maximum absolute atomic E-state index is 12.8. The second kappa shape index (κ2) is 7.59. The second-order valence-electron chi connectivity index (χ2n) is 6.78. The highest BCUT2D eigenvalue weighted by atomic mass is 32.2. The van der Waals surface area contributed by atoms with Gasteiger partial charge in [-0.05, 0) is 55.3 Å². The summed E-state index contributed by atoms with van der Waals surface area (Å²) in [6.07, 6.45) is 2.16. The van der Waals surface area contributed by atoms with Crippen molar-refractivity contribution in [1.29, 1.82) is 0 Å². The van der Waals surface area contributed by atoms with Crippen LogP contribution in [0.1, 0.15) is 51.0 Å². The van der Waals surface area contributed by atoms with Gasteiger partial charge in [-0.2, -0.15) is 0 Å². The Hall–Kier alpha value is -2.94. The first-order chi connectivity index (χ1) is 13.5. The molecule has 9 heteroatoms.